The molecule has 2 aromatic rings. The standard InChI is InChI=1S/C18H24N6/c1-12(8-14-9-19-6-7-21-14)22-18-15-10-20-11-16(15)23-17(24-18)13-4-2-3-5-13/h6-7,9,12-13,20H,2-5,8,10-11H2,1H3,(H,22,23,24)/t12-/m0/s1. The van der Waals surface area contributed by atoms with Gasteiger partial charge in [-0.15, -0.1) is 0 Å². The van der Waals surface area contributed by atoms with Gasteiger partial charge in [-0.25, -0.2) is 9.97 Å². The Bertz CT molecular complexity index is 696. The molecule has 0 bridgehead atoms. The van der Waals surface area contributed by atoms with Crippen LogP contribution in [-0.2, 0) is 19.5 Å². The van der Waals surface area contributed by atoms with E-state index in [9.17, 15) is 0 Å². The number of rotatable bonds is 5. The molecule has 4 rings (SSSR count). The first kappa shape index (κ1) is 15.4. The van der Waals surface area contributed by atoms with Gasteiger partial charge < -0.3 is 10.6 Å². The molecule has 6 heteroatoms. The van der Waals surface area contributed by atoms with Gasteiger partial charge in [0.05, 0.1) is 11.4 Å². The maximum Gasteiger partial charge on any atom is 0.134 e. The highest BCUT2D eigenvalue weighted by Crippen LogP contribution is 2.34. The summed E-state index contributed by atoms with van der Waals surface area (Å²) in [6.45, 7) is 3.87. The van der Waals surface area contributed by atoms with Gasteiger partial charge in [0.15, 0.2) is 0 Å². The van der Waals surface area contributed by atoms with Crippen molar-refractivity contribution in [2.75, 3.05) is 5.32 Å². The number of nitrogens with zero attached hydrogens (tertiary/aromatic N) is 4. The predicted molar refractivity (Wildman–Crippen MR) is 92.6 cm³/mol. The monoisotopic (exact) mass is 324 g/mol. The first-order valence-corrected chi connectivity index (χ1v) is 8.91. The van der Waals surface area contributed by atoms with E-state index in [2.05, 4.69) is 27.5 Å². The maximum atomic E-state index is 4.91. The van der Waals surface area contributed by atoms with Gasteiger partial charge in [-0.05, 0) is 19.8 Å². The van der Waals surface area contributed by atoms with E-state index in [-0.39, 0.29) is 6.04 Å². The zero-order valence-corrected chi connectivity index (χ0v) is 14.1. The first-order chi connectivity index (χ1) is 11.8. The van der Waals surface area contributed by atoms with Crippen LogP contribution in [0, 0.1) is 0 Å². The van der Waals surface area contributed by atoms with Crippen molar-refractivity contribution in [3.05, 3.63) is 41.4 Å². The third-order valence-electron chi connectivity index (χ3n) is 4.94. The van der Waals surface area contributed by atoms with E-state index in [0.29, 0.717) is 5.92 Å². The molecule has 126 valence electrons. The summed E-state index contributed by atoms with van der Waals surface area (Å²) in [6, 6.07) is 0.248. The van der Waals surface area contributed by atoms with Crippen LogP contribution >= 0.6 is 0 Å². The minimum Gasteiger partial charge on any atom is -0.367 e. The van der Waals surface area contributed by atoms with Crippen LogP contribution in [0.15, 0.2) is 18.6 Å². The van der Waals surface area contributed by atoms with Crippen molar-refractivity contribution in [2.24, 2.45) is 0 Å². The molecule has 2 aliphatic rings. The molecule has 0 unspecified atom stereocenters. The van der Waals surface area contributed by atoms with Crippen LogP contribution in [0.3, 0.4) is 0 Å². The molecular formula is C18H24N6. The Hall–Kier alpha value is -2.08. The fourth-order valence-electron chi connectivity index (χ4n) is 3.71. The van der Waals surface area contributed by atoms with E-state index < -0.39 is 0 Å². The summed E-state index contributed by atoms with van der Waals surface area (Å²) < 4.78 is 0. The lowest BCUT2D eigenvalue weighted by Crippen LogP contribution is -2.22. The summed E-state index contributed by atoms with van der Waals surface area (Å²) >= 11 is 0. The average molecular weight is 324 g/mol. The molecule has 2 N–H and O–H groups in total. The van der Waals surface area contributed by atoms with Gasteiger partial charge in [-0.2, -0.15) is 0 Å². The molecule has 24 heavy (non-hydrogen) atoms. The van der Waals surface area contributed by atoms with Crippen LogP contribution < -0.4 is 10.6 Å². The van der Waals surface area contributed by atoms with Gasteiger partial charge in [0, 0.05) is 55.6 Å². The smallest absolute Gasteiger partial charge is 0.134 e. The van der Waals surface area contributed by atoms with Crippen molar-refractivity contribution in [1.82, 2.24) is 25.3 Å². The highest BCUT2D eigenvalue weighted by Gasteiger charge is 2.25. The summed E-state index contributed by atoms with van der Waals surface area (Å²) in [4.78, 5) is 18.3. The minimum absolute atomic E-state index is 0.248. The fraction of sp³-hybridized carbons (Fsp3) is 0.556. The van der Waals surface area contributed by atoms with E-state index in [1.54, 1.807) is 12.4 Å². The van der Waals surface area contributed by atoms with Gasteiger partial charge in [-0.3, -0.25) is 9.97 Å². The lowest BCUT2D eigenvalue weighted by Gasteiger charge is -2.18. The van der Waals surface area contributed by atoms with Crippen LogP contribution in [0.5, 0.6) is 0 Å². The normalized spacial score (nSPS) is 18.5. The Morgan fingerprint density at radius 3 is 2.88 bits per heavy atom. The van der Waals surface area contributed by atoms with Crippen molar-refractivity contribution in [1.29, 1.82) is 0 Å². The van der Waals surface area contributed by atoms with Crippen molar-refractivity contribution >= 4 is 5.82 Å². The van der Waals surface area contributed by atoms with Crippen molar-refractivity contribution in [2.45, 2.75) is 64.1 Å². The average Bonchev–Trinajstić information content (AvgIpc) is 3.27. The predicted octanol–water partition coefficient (Wildman–Crippen LogP) is 2.57. The van der Waals surface area contributed by atoms with E-state index in [1.165, 1.54) is 36.9 Å². The number of fused-ring (bicyclic) bond motifs is 1. The molecule has 1 atom stereocenters. The molecule has 1 saturated carbocycles. The summed E-state index contributed by atoms with van der Waals surface area (Å²) in [5, 5.41) is 7.00. The molecule has 0 saturated heterocycles. The largest absolute Gasteiger partial charge is 0.367 e. The highest BCUT2D eigenvalue weighted by atomic mass is 15.1. The van der Waals surface area contributed by atoms with Crippen LogP contribution in [0.2, 0.25) is 0 Å². The van der Waals surface area contributed by atoms with Crippen LogP contribution in [0.4, 0.5) is 5.82 Å². The number of hydrogen-bond acceptors (Lipinski definition) is 6. The number of anilines is 1. The second-order valence-corrected chi connectivity index (χ2v) is 6.89. The molecule has 2 aromatic heterocycles. The molecule has 6 nitrogen and oxygen atoms in total. The van der Waals surface area contributed by atoms with Crippen molar-refractivity contribution in [3.8, 4) is 0 Å². The summed E-state index contributed by atoms with van der Waals surface area (Å²) in [6.07, 6.45) is 11.2. The summed E-state index contributed by atoms with van der Waals surface area (Å²) in [7, 11) is 0. The molecule has 1 fully saturated rings. The fourth-order valence-corrected chi connectivity index (χ4v) is 3.71. The number of hydrogen-bond donors (Lipinski definition) is 2. The second kappa shape index (κ2) is 6.81. The zero-order valence-electron chi connectivity index (χ0n) is 14.1. The van der Waals surface area contributed by atoms with Crippen molar-refractivity contribution < 1.29 is 0 Å². The summed E-state index contributed by atoms with van der Waals surface area (Å²) in [5.41, 5.74) is 3.39. The molecular weight excluding hydrogens is 300 g/mol. The number of nitrogens with one attached hydrogen (secondary N) is 2. The quantitative estimate of drug-likeness (QED) is 0.880. The van der Waals surface area contributed by atoms with Gasteiger partial charge in [-0.1, -0.05) is 12.8 Å². The van der Waals surface area contributed by atoms with E-state index in [4.69, 9.17) is 9.97 Å². The maximum absolute atomic E-state index is 4.91. The number of aromatic nitrogens is 4. The topological polar surface area (TPSA) is 75.6 Å². The van der Waals surface area contributed by atoms with E-state index in [0.717, 1.165) is 36.8 Å². The summed E-state index contributed by atoms with van der Waals surface area (Å²) in [5.74, 6) is 2.57. The highest BCUT2D eigenvalue weighted by molar-refractivity contribution is 5.49. The first-order valence-electron chi connectivity index (χ1n) is 8.91. The van der Waals surface area contributed by atoms with Crippen LogP contribution in [0.1, 0.15) is 61.3 Å². The Morgan fingerprint density at radius 2 is 2.08 bits per heavy atom. The van der Waals surface area contributed by atoms with Gasteiger partial charge in [0.25, 0.3) is 0 Å². The third kappa shape index (κ3) is 3.24. The lowest BCUT2D eigenvalue weighted by molar-refractivity contribution is 0.658. The van der Waals surface area contributed by atoms with Gasteiger partial charge in [0.2, 0.25) is 0 Å². The zero-order chi connectivity index (χ0) is 16.4. The molecule has 0 amide bonds. The third-order valence-corrected chi connectivity index (χ3v) is 4.94. The Labute approximate surface area is 142 Å². The minimum atomic E-state index is 0.248. The van der Waals surface area contributed by atoms with Crippen LogP contribution in [-0.4, -0.2) is 26.0 Å². The second-order valence-electron chi connectivity index (χ2n) is 6.89. The van der Waals surface area contributed by atoms with Crippen molar-refractivity contribution in [3.63, 3.8) is 0 Å². The SMILES string of the molecule is C[C@@H](Cc1cnccn1)Nc1nc(C2CCCC2)nc2c1CNC2. The van der Waals surface area contributed by atoms with Gasteiger partial charge in [0.1, 0.15) is 11.6 Å². The van der Waals surface area contributed by atoms with E-state index in [1.807, 2.05) is 6.20 Å². The molecule has 0 radical (unpaired) electrons. The molecule has 3 heterocycles. The Morgan fingerprint density at radius 1 is 1.21 bits per heavy atom. The molecule has 1 aliphatic carbocycles. The lowest BCUT2D eigenvalue weighted by atomic mass is 10.1. The van der Waals surface area contributed by atoms with Crippen LogP contribution in [0.25, 0.3) is 0 Å². The molecule has 0 aromatic carbocycles. The molecule has 0 spiro atoms. The Balaban J connectivity index is 1.55. The Kier molecular flexibility index (Phi) is 4.38. The van der Waals surface area contributed by atoms with E-state index >= 15 is 0 Å². The molecule has 1 aliphatic heterocycles. The van der Waals surface area contributed by atoms with Gasteiger partial charge >= 0.3 is 0 Å².